The van der Waals surface area contributed by atoms with Crippen LogP contribution in [0.4, 0.5) is 11.4 Å². The minimum Gasteiger partial charge on any atom is -0.381 e. The van der Waals surface area contributed by atoms with Crippen LogP contribution in [0.25, 0.3) is 0 Å². The van der Waals surface area contributed by atoms with Crippen LogP contribution in [-0.4, -0.2) is 13.1 Å². The van der Waals surface area contributed by atoms with Gasteiger partial charge in [0.25, 0.3) is 0 Å². The highest BCUT2D eigenvalue weighted by Gasteiger charge is 2.01. The molecule has 0 amide bonds. The highest BCUT2D eigenvalue weighted by Crippen LogP contribution is 2.18. The molecule has 0 spiro atoms. The van der Waals surface area contributed by atoms with E-state index in [-0.39, 0.29) is 0 Å². The number of nitrogens with one attached hydrogen (secondary N) is 1. The first-order valence-corrected chi connectivity index (χ1v) is 8.14. The first-order chi connectivity index (χ1) is 9.72. The SMILES string of the molecule is CCN(CC)c1ccc(NCc2ccc(I)cc2)cc1. The lowest BCUT2D eigenvalue weighted by Crippen LogP contribution is -2.21. The Morgan fingerprint density at radius 2 is 1.50 bits per heavy atom. The zero-order valence-corrected chi connectivity index (χ0v) is 14.2. The fourth-order valence-electron chi connectivity index (χ4n) is 2.19. The minimum absolute atomic E-state index is 0.863. The van der Waals surface area contributed by atoms with Crippen LogP contribution in [0.3, 0.4) is 0 Å². The summed E-state index contributed by atoms with van der Waals surface area (Å²) in [7, 11) is 0. The van der Waals surface area contributed by atoms with Crippen molar-refractivity contribution in [3.8, 4) is 0 Å². The van der Waals surface area contributed by atoms with Gasteiger partial charge in [-0.1, -0.05) is 12.1 Å². The van der Waals surface area contributed by atoms with Crippen molar-refractivity contribution in [2.24, 2.45) is 0 Å². The van der Waals surface area contributed by atoms with Gasteiger partial charge in [0.1, 0.15) is 0 Å². The number of nitrogens with zero attached hydrogens (tertiary/aromatic N) is 1. The Kier molecular flexibility index (Phi) is 5.71. The second-order valence-corrected chi connectivity index (χ2v) is 5.94. The first-order valence-electron chi connectivity index (χ1n) is 7.06. The van der Waals surface area contributed by atoms with Gasteiger partial charge in [-0.15, -0.1) is 0 Å². The highest BCUT2D eigenvalue weighted by molar-refractivity contribution is 14.1. The van der Waals surface area contributed by atoms with Gasteiger partial charge in [0, 0.05) is 34.6 Å². The third-order valence-corrected chi connectivity index (χ3v) is 4.12. The molecule has 2 aromatic rings. The highest BCUT2D eigenvalue weighted by atomic mass is 127. The molecule has 0 bridgehead atoms. The van der Waals surface area contributed by atoms with Crippen LogP contribution in [0, 0.1) is 3.57 Å². The molecular weight excluding hydrogens is 359 g/mol. The molecule has 0 aliphatic rings. The summed E-state index contributed by atoms with van der Waals surface area (Å²) in [5.41, 5.74) is 3.76. The van der Waals surface area contributed by atoms with Crippen molar-refractivity contribution in [2.75, 3.05) is 23.3 Å². The second kappa shape index (κ2) is 7.53. The standard InChI is InChI=1S/C17H21IN2/c1-3-20(4-2)17-11-9-16(10-12-17)19-13-14-5-7-15(18)8-6-14/h5-12,19H,3-4,13H2,1-2H3. The molecule has 0 aliphatic heterocycles. The molecule has 0 fully saturated rings. The Morgan fingerprint density at radius 3 is 2.05 bits per heavy atom. The summed E-state index contributed by atoms with van der Waals surface area (Å²) in [5, 5.41) is 3.46. The Morgan fingerprint density at radius 1 is 0.900 bits per heavy atom. The molecule has 1 N–H and O–H groups in total. The lowest BCUT2D eigenvalue weighted by Gasteiger charge is -2.21. The summed E-state index contributed by atoms with van der Waals surface area (Å²) in [6.45, 7) is 7.33. The van der Waals surface area contributed by atoms with Crippen LogP contribution in [0.1, 0.15) is 19.4 Å². The fraction of sp³-hybridized carbons (Fsp3) is 0.294. The summed E-state index contributed by atoms with van der Waals surface area (Å²) in [6.07, 6.45) is 0. The van der Waals surface area contributed by atoms with E-state index in [0.717, 1.165) is 19.6 Å². The minimum atomic E-state index is 0.863. The number of rotatable bonds is 6. The monoisotopic (exact) mass is 380 g/mol. The van der Waals surface area contributed by atoms with Gasteiger partial charge in [0.05, 0.1) is 0 Å². The van der Waals surface area contributed by atoms with Crippen molar-refractivity contribution in [2.45, 2.75) is 20.4 Å². The number of hydrogen-bond acceptors (Lipinski definition) is 2. The average Bonchev–Trinajstić information content (AvgIpc) is 2.49. The Bertz CT molecular complexity index is 516. The van der Waals surface area contributed by atoms with E-state index in [4.69, 9.17) is 0 Å². The normalized spacial score (nSPS) is 10.3. The summed E-state index contributed by atoms with van der Waals surface area (Å²) < 4.78 is 1.27. The topological polar surface area (TPSA) is 15.3 Å². The van der Waals surface area contributed by atoms with Crippen molar-refractivity contribution in [1.82, 2.24) is 0 Å². The van der Waals surface area contributed by atoms with Crippen LogP contribution in [0.5, 0.6) is 0 Å². The molecule has 20 heavy (non-hydrogen) atoms. The molecule has 3 heteroatoms. The van der Waals surface area contributed by atoms with E-state index in [1.807, 2.05) is 0 Å². The molecule has 106 valence electrons. The van der Waals surface area contributed by atoms with E-state index in [9.17, 15) is 0 Å². The predicted octanol–water partition coefficient (Wildman–Crippen LogP) is 4.75. The Hall–Kier alpha value is -1.23. The summed E-state index contributed by atoms with van der Waals surface area (Å²) in [6, 6.07) is 17.3. The maximum Gasteiger partial charge on any atom is 0.0400 e. The number of benzene rings is 2. The van der Waals surface area contributed by atoms with Crippen molar-refractivity contribution >= 4 is 34.0 Å². The Balaban J connectivity index is 1.95. The number of hydrogen-bond donors (Lipinski definition) is 1. The van der Waals surface area contributed by atoms with Crippen molar-refractivity contribution in [1.29, 1.82) is 0 Å². The molecule has 0 heterocycles. The van der Waals surface area contributed by atoms with E-state index >= 15 is 0 Å². The summed E-state index contributed by atoms with van der Waals surface area (Å²) >= 11 is 2.33. The lowest BCUT2D eigenvalue weighted by atomic mass is 10.2. The Labute approximate surface area is 135 Å². The maximum absolute atomic E-state index is 3.46. The van der Waals surface area contributed by atoms with Crippen LogP contribution < -0.4 is 10.2 Å². The molecule has 2 aromatic carbocycles. The molecule has 0 unspecified atom stereocenters. The van der Waals surface area contributed by atoms with Gasteiger partial charge >= 0.3 is 0 Å². The lowest BCUT2D eigenvalue weighted by molar-refractivity contribution is 0.866. The smallest absolute Gasteiger partial charge is 0.0400 e. The molecule has 0 atom stereocenters. The predicted molar refractivity (Wildman–Crippen MR) is 96.5 cm³/mol. The molecule has 0 aliphatic carbocycles. The van der Waals surface area contributed by atoms with E-state index in [0.29, 0.717) is 0 Å². The maximum atomic E-state index is 3.46. The fourth-order valence-corrected chi connectivity index (χ4v) is 2.54. The molecule has 2 rings (SSSR count). The van der Waals surface area contributed by atoms with Crippen LogP contribution in [0.2, 0.25) is 0 Å². The molecule has 0 aromatic heterocycles. The van der Waals surface area contributed by atoms with E-state index in [2.05, 4.69) is 95.2 Å². The third kappa shape index (κ3) is 4.13. The van der Waals surface area contributed by atoms with Gasteiger partial charge in [0.2, 0.25) is 0 Å². The van der Waals surface area contributed by atoms with Gasteiger partial charge in [0.15, 0.2) is 0 Å². The molecule has 2 nitrogen and oxygen atoms in total. The quantitative estimate of drug-likeness (QED) is 0.728. The van der Waals surface area contributed by atoms with Crippen molar-refractivity contribution in [3.63, 3.8) is 0 Å². The van der Waals surface area contributed by atoms with Crippen molar-refractivity contribution < 1.29 is 0 Å². The first kappa shape index (κ1) is 15.2. The number of halogens is 1. The van der Waals surface area contributed by atoms with E-state index < -0.39 is 0 Å². The van der Waals surface area contributed by atoms with Crippen LogP contribution in [-0.2, 0) is 6.54 Å². The van der Waals surface area contributed by atoms with Crippen LogP contribution in [0.15, 0.2) is 48.5 Å². The average molecular weight is 380 g/mol. The second-order valence-electron chi connectivity index (χ2n) is 4.70. The zero-order valence-electron chi connectivity index (χ0n) is 12.1. The largest absolute Gasteiger partial charge is 0.381 e. The summed E-state index contributed by atoms with van der Waals surface area (Å²) in [5.74, 6) is 0. The molecule has 0 saturated heterocycles. The van der Waals surface area contributed by atoms with E-state index in [1.165, 1.54) is 20.5 Å². The number of anilines is 2. The van der Waals surface area contributed by atoms with Crippen LogP contribution >= 0.6 is 22.6 Å². The van der Waals surface area contributed by atoms with E-state index in [1.54, 1.807) is 0 Å². The molecular formula is C17H21IN2. The zero-order chi connectivity index (χ0) is 14.4. The van der Waals surface area contributed by atoms with Gasteiger partial charge in [-0.05, 0) is 78.4 Å². The molecule has 0 saturated carbocycles. The molecule has 0 radical (unpaired) electrons. The van der Waals surface area contributed by atoms with Gasteiger partial charge in [-0.25, -0.2) is 0 Å². The van der Waals surface area contributed by atoms with Gasteiger partial charge in [-0.2, -0.15) is 0 Å². The van der Waals surface area contributed by atoms with Gasteiger partial charge in [-0.3, -0.25) is 0 Å². The summed E-state index contributed by atoms with van der Waals surface area (Å²) in [4.78, 5) is 2.35. The third-order valence-electron chi connectivity index (χ3n) is 3.41. The van der Waals surface area contributed by atoms with Gasteiger partial charge < -0.3 is 10.2 Å². The van der Waals surface area contributed by atoms with Crippen molar-refractivity contribution in [3.05, 3.63) is 57.7 Å².